The third-order valence-corrected chi connectivity index (χ3v) is 4.22. The minimum absolute atomic E-state index is 0.178. The molecule has 0 bridgehead atoms. The molecule has 0 aromatic heterocycles. The van der Waals surface area contributed by atoms with Gasteiger partial charge in [-0.25, -0.2) is 0 Å². The second-order valence-electron chi connectivity index (χ2n) is 4.96. The van der Waals surface area contributed by atoms with E-state index in [1.165, 1.54) is 0 Å². The first kappa shape index (κ1) is 19.2. The molecule has 0 saturated heterocycles. The zero-order chi connectivity index (χ0) is 18.2. The van der Waals surface area contributed by atoms with E-state index >= 15 is 0 Å². The number of halogens is 2. The molecule has 2 aromatic rings. The molecule has 0 radical (unpaired) electrons. The SMILES string of the molecule is C=CCNC(=O)c1ccccc1NC(=O)COc1ccc(Br)cc1Br. The highest BCUT2D eigenvalue weighted by atomic mass is 79.9. The average molecular weight is 468 g/mol. The summed E-state index contributed by atoms with van der Waals surface area (Å²) in [7, 11) is 0. The number of anilines is 1. The summed E-state index contributed by atoms with van der Waals surface area (Å²) in [5.41, 5.74) is 0.801. The fourth-order valence-electron chi connectivity index (χ4n) is 1.97. The molecule has 0 aliphatic rings. The summed E-state index contributed by atoms with van der Waals surface area (Å²) in [5, 5.41) is 5.38. The van der Waals surface area contributed by atoms with Crippen LogP contribution in [-0.2, 0) is 4.79 Å². The minimum Gasteiger partial charge on any atom is -0.483 e. The van der Waals surface area contributed by atoms with Crippen molar-refractivity contribution in [1.82, 2.24) is 5.32 Å². The highest BCUT2D eigenvalue weighted by Gasteiger charge is 2.13. The van der Waals surface area contributed by atoms with Crippen molar-refractivity contribution in [3.63, 3.8) is 0 Å². The number of hydrogen-bond acceptors (Lipinski definition) is 3. The van der Waals surface area contributed by atoms with E-state index in [-0.39, 0.29) is 18.4 Å². The molecule has 0 unspecified atom stereocenters. The molecule has 0 aliphatic carbocycles. The molecule has 2 aromatic carbocycles. The lowest BCUT2D eigenvalue weighted by molar-refractivity contribution is -0.118. The number of ether oxygens (including phenoxy) is 1. The average Bonchev–Trinajstić information content (AvgIpc) is 2.59. The fraction of sp³-hybridized carbons (Fsp3) is 0.111. The fourth-order valence-corrected chi connectivity index (χ4v) is 3.13. The molecule has 0 atom stereocenters. The van der Waals surface area contributed by atoms with E-state index in [0.717, 1.165) is 8.95 Å². The molecule has 0 spiro atoms. The number of rotatable bonds is 7. The summed E-state index contributed by atoms with van der Waals surface area (Å²) in [6.45, 7) is 3.73. The Balaban J connectivity index is 2.00. The van der Waals surface area contributed by atoms with Gasteiger partial charge < -0.3 is 15.4 Å². The maximum absolute atomic E-state index is 12.1. The molecule has 5 nitrogen and oxygen atoms in total. The van der Waals surface area contributed by atoms with Crippen molar-refractivity contribution >= 4 is 49.4 Å². The highest BCUT2D eigenvalue weighted by molar-refractivity contribution is 9.11. The van der Waals surface area contributed by atoms with Gasteiger partial charge in [-0.3, -0.25) is 9.59 Å². The molecule has 25 heavy (non-hydrogen) atoms. The Kier molecular flexibility index (Phi) is 7.21. The van der Waals surface area contributed by atoms with E-state index in [9.17, 15) is 9.59 Å². The molecular formula is C18H16Br2N2O3. The zero-order valence-corrected chi connectivity index (χ0v) is 16.4. The second-order valence-corrected chi connectivity index (χ2v) is 6.73. The molecule has 2 N–H and O–H groups in total. The van der Waals surface area contributed by atoms with Crippen molar-refractivity contribution in [2.24, 2.45) is 0 Å². The van der Waals surface area contributed by atoms with Gasteiger partial charge >= 0.3 is 0 Å². The zero-order valence-electron chi connectivity index (χ0n) is 13.2. The third kappa shape index (κ3) is 5.72. The number of carbonyl (C=O) groups excluding carboxylic acids is 2. The van der Waals surface area contributed by atoms with Crippen molar-refractivity contribution in [2.45, 2.75) is 0 Å². The van der Waals surface area contributed by atoms with E-state index in [1.54, 1.807) is 36.4 Å². The van der Waals surface area contributed by atoms with Crippen LogP contribution in [-0.4, -0.2) is 25.0 Å². The van der Waals surface area contributed by atoms with Gasteiger partial charge in [-0.2, -0.15) is 0 Å². The number of carbonyl (C=O) groups is 2. The first-order valence-corrected chi connectivity index (χ1v) is 8.95. The molecule has 0 aliphatic heterocycles. The predicted molar refractivity (Wildman–Crippen MR) is 105 cm³/mol. The Morgan fingerprint density at radius 1 is 1.16 bits per heavy atom. The number of hydrogen-bond donors (Lipinski definition) is 2. The lowest BCUT2D eigenvalue weighted by atomic mass is 10.1. The van der Waals surface area contributed by atoms with Crippen LogP contribution < -0.4 is 15.4 Å². The Morgan fingerprint density at radius 3 is 2.64 bits per heavy atom. The normalized spacial score (nSPS) is 10.0. The maximum atomic E-state index is 12.1. The molecule has 0 fully saturated rings. The standard InChI is InChI=1S/C18H16Br2N2O3/c1-2-9-21-18(24)13-5-3-4-6-15(13)22-17(23)11-25-16-8-7-12(19)10-14(16)20/h2-8,10H,1,9,11H2,(H,21,24)(H,22,23). The first-order chi connectivity index (χ1) is 12.0. The van der Waals surface area contributed by atoms with Crippen molar-refractivity contribution in [3.05, 3.63) is 69.6 Å². The van der Waals surface area contributed by atoms with Crippen molar-refractivity contribution in [2.75, 3.05) is 18.5 Å². The predicted octanol–water partition coefficient (Wildman–Crippen LogP) is 4.14. The van der Waals surface area contributed by atoms with E-state index < -0.39 is 0 Å². The lowest BCUT2D eigenvalue weighted by Gasteiger charge is -2.12. The summed E-state index contributed by atoms with van der Waals surface area (Å²) in [6.07, 6.45) is 1.59. The number of amides is 2. The van der Waals surface area contributed by atoms with E-state index in [1.807, 2.05) is 12.1 Å². The lowest BCUT2D eigenvalue weighted by Crippen LogP contribution is -2.26. The van der Waals surface area contributed by atoms with Crippen LogP contribution >= 0.6 is 31.9 Å². The van der Waals surface area contributed by atoms with Gasteiger partial charge in [0.15, 0.2) is 6.61 Å². The number of para-hydroxylation sites is 1. The van der Waals surface area contributed by atoms with Gasteiger partial charge in [-0.1, -0.05) is 34.1 Å². The summed E-state index contributed by atoms with van der Waals surface area (Å²) in [5.74, 6) is -0.0958. The number of benzene rings is 2. The molecule has 2 amide bonds. The Morgan fingerprint density at radius 2 is 1.92 bits per heavy atom. The van der Waals surface area contributed by atoms with Gasteiger partial charge in [-0.05, 0) is 46.3 Å². The molecule has 2 rings (SSSR count). The van der Waals surface area contributed by atoms with Crippen LogP contribution in [0.25, 0.3) is 0 Å². The van der Waals surface area contributed by atoms with Gasteiger partial charge in [0.25, 0.3) is 11.8 Å². The third-order valence-electron chi connectivity index (χ3n) is 3.11. The quantitative estimate of drug-likeness (QED) is 0.601. The Bertz CT molecular complexity index is 794. The van der Waals surface area contributed by atoms with E-state index in [0.29, 0.717) is 23.5 Å². The summed E-state index contributed by atoms with van der Waals surface area (Å²) >= 11 is 6.72. The van der Waals surface area contributed by atoms with E-state index in [4.69, 9.17) is 4.74 Å². The van der Waals surface area contributed by atoms with Crippen LogP contribution in [0.3, 0.4) is 0 Å². The van der Waals surface area contributed by atoms with Gasteiger partial charge in [0.2, 0.25) is 0 Å². The highest BCUT2D eigenvalue weighted by Crippen LogP contribution is 2.28. The first-order valence-electron chi connectivity index (χ1n) is 7.37. The van der Waals surface area contributed by atoms with Crippen molar-refractivity contribution in [3.8, 4) is 5.75 Å². The molecule has 0 heterocycles. The molecular weight excluding hydrogens is 452 g/mol. The van der Waals surface area contributed by atoms with Crippen LogP contribution in [0.1, 0.15) is 10.4 Å². The maximum Gasteiger partial charge on any atom is 0.262 e. The van der Waals surface area contributed by atoms with Gasteiger partial charge in [-0.15, -0.1) is 6.58 Å². The summed E-state index contributed by atoms with van der Waals surface area (Å²) in [6, 6.07) is 12.2. The summed E-state index contributed by atoms with van der Waals surface area (Å²) < 4.78 is 7.13. The van der Waals surface area contributed by atoms with Crippen LogP contribution in [0.2, 0.25) is 0 Å². The minimum atomic E-state index is -0.362. The Hall–Kier alpha value is -2.12. The van der Waals surface area contributed by atoms with Gasteiger partial charge in [0.1, 0.15) is 5.75 Å². The van der Waals surface area contributed by atoms with Crippen molar-refractivity contribution in [1.29, 1.82) is 0 Å². The number of nitrogens with one attached hydrogen (secondary N) is 2. The Labute approximate surface area is 162 Å². The monoisotopic (exact) mass is 466 g/mol. The topological polar surface area (TPSA) is 67.4 Å². The largest absolute Gasteiger partial charge is 0.483 e. The molecule has 0 saturated carbocycles. The van der Waals surface area contributed by atoms with Gasteiger partial charge in [0, 0.05) is 11.0 Å². The second kappa shape index (κ2) is 9.39. The smallest absolute Gasteiger partial charge is 0.262 e. The van der Waals surface area contributed by atoms with Crippen molar-refractivity contribution < 1.29 is 14.3 Å². The summed E-state index contributed by atoms with van der Waals surface area (Å²) in [4.78, 5) is 24.3. The van der Waals surface area contributed by atoms with Gasteiger partial charge in [0.05, 0.1) is 15.7 Å². The van der Waals surface area contributed by atoms with Crippen LogP contribution in [0, 0.1) is 0 Å². The van der Waals surface area contributed by atoms with E-state index in [2.05, 4.69) is 49.1 Å². The molecule has 130 valence electrons. The molecule has 7 heteroatoms. The van der Waals surface area contributed by atoms with Crippen LogP contribution in [0.4, 0.5) is 5.69 Å². The van der Waals surface area contributed by atoms with Crippen LogP contribution in [0.15, 0.2) is 64.1 Å². The van der Waals surface area contributed by atoms with Crippen LogP contribution in [0.5, 0.6) is 5.75 Å².